The zero-order valence-corrected chi connectivity index (χ0v) is 11.2. The van der Waals surface area contributed by atoms with Crippen LogP contribution in [-0.2, 0) is 0 Å². The Morgan fingerprint density at radius 1 is 1.00 bits per heavy atom. The van der Waals surface area contributed by atoms with Gasteiger partial charge in [-0.2, -0.15) is 0 Å². The first-order valence-electron chi connectivity index (χ1n) is 7.53. The SMILES string of the molecule is CCC1CCCCC1CC1CCC(C)CN1. The van der Waals surface area contributed by atoms with Crippen LogP contribution in [0.4, 0.5) is 0 Å². The second-order valence-electron chi connectivity index (χ2n) is 6.24. The van der Waals surface area contributed by atoms with E-state index in [0.29, 0.717) is 0 Å². The zero-order chi connectivity index (χ0) is 11.4. The standard InChI is InChI=1S/C15H29N/c1-3-13-6-4-5-7-14(13)10-15-9-8-12(2)11-16-15/h12-16H,3-11H2,1-2H3. The van der Waals surface area contributed by atoms with E-state index in [1.54, 1.807) is 0 Å². The molecule has 4 atom stereocenters. The lowest BCUT2D eigenvalue weighted by molar-refractivity contribution is 0.181. The van der Waals surface area contributed by atoms with E-state index in [0.717, 1.165) is 23.8 Å². The number of rotatable bonds is 3. The summed E-state index contributed by atoms with van der Waals surface area (Å²) in [6.45, 7) is 6.02. The Balaban J connectivity index is 1.78. The van der Waals surface area contributed by atoms with Gasteiger partial charge in [0.2, 0.25) is 0 Å². The molecule has 0 spiro atoms. The zero-order valence-electron chi connectivity index (χ0n) is 11.2. The van der Waals surface area contributed by atoms with Crippen molar-refractivity contribution in [2.24, 2.45) is 17.8 Å². The Morgan fingerprint density at radius 2 is 1.75 bits per heavy atom. The van der Waals surface area contributed by atoms with E-state index in [-0.39, 0.29) is 0 Å². The van der Waals surface area contributed by atoms with Crippen molar-refractivity contribution in [2.45, 2.75) is 71.3 Å². The van der Waals surface area contributed by atoms with Crippen LogP contribution in [-0.4, -0.2) is 12.6 Å². The minimum absolute atomic E-state index is 0.841. The van der Waals surface area contributed by atoms with Crippen LogP contribution in [0.3, 0.4) is 0 Å². The molecule has 16 heavy (non-hydrogen) atoms. The summed E-state index contributed by atoms with van der Waals surface area (Å²) in [5, 5.41) is 3.76. The van der Waals surface area contributed by atoms with E-state index in [4.69, 9.17) is 0 Å². The predicted molar refractivity (Wildman–Crippen MR) is 70.5 cm³/mol. The maximum Gasteiger partial charge on any atom is 0.00700 e. The molecule has 2 aliphatic rings. The third-order valence-corrected chi connectivity index (χ3v) is 4.94. The summed E-state index contributed by atoms with van der Waals surface area (Å²) in [6, 6.07) is 0.841. The second kappa shape index (κ2) is 6.05. The summed E-state index contributed by atoms with van der Waals surface area (Å²) in [5.41, 5.74) is 0. The molecule has 1 heteroatoms. The third-order valence-electron chi connectivity index (χ3n) is 4.94. The van der Waals surface area contributed by atoms with Crippen molar-refractivity contribution in [3.05, 3.63) is 0 Å². The molecule has 1 saturated carbocycles. The lowest BCUT2D eigenvalue weighted by atomic mass is 9.74. The van der Waals surface area contributed by atoms with Gasteiger partial charge in [-0.25, -0.2) is 0 Å². The Bertz CT molecular complexity index is 194. The molecule has 2 rings (SSSR count). The van der Waals surface area contributed by atoms with Crippen LogP contribution in [0.1, 0.15) is 65.2 Å². The van der Waals surface area contributed by atoms with Gasteiger partial charge in [-0.3, -0.25) is 0 Å². The lowest BCUT2D eigenvalue weighted by Crippen LogP contribution is -2.40. The molecule has 1 saturated heterocycles. The Hall–Kier alpha value is -0.0400. The van der Waals surface area contributed by atoms with Gasteiger partial charge in [0, 0.05) is 6.04 Å². The fourth-order valence-electron chi connectivity index (χ4n) is 3.76. The highest BCUT2D eigenvalue weighted by Crippen LogP contribution is 2.36. The maximum absolute atomic E-state index is 3.76. The minimum atomic E-state index is 0.841. The Labute approximate surface area is 101 Å². The molecular formula is C15H29N. The average Bonchev–Trinajstić information content (AvgIpc) is 2.33. The number of nitrogens with one attached hydrogen (secondary N) is 1. The summed E-state index contributed by atoms with van der Waals surface area (Å²) >= 11 is 0. The van der Waals surface area contributed by atoms with Crippen LogP contribution in [0.5, 0.6) is 0 Å². The molecular weight excluding hydrogens is 194 g/mol. The molecule has 1 N–H and O–H groups in total. The number of hydrogen-bond donors (Lipinski definition) is 1. The van der Waals surface area contributed by atoms with E-state index < -0.39 is 0 Å². The summed E-state index contributed by atoms with van der Waals surface area (Å²) in [6.07, 6.45) is 11.7. The fraction of sp³-hybridized carbons (Fsp3) is 1.00. The van der Waals surface area contributed by atoms with Crippen LogP contribution < -0.4 is 5.32 Å². The molecule has 0 bridgehead atoms. The van der Waals surface area contributed by atoms with Crippen LogP contribution in [0.2, 0.25) is 0 Å². The number of hydrogen-bond acceptors (Lipinski definition) is 1. The third kappa shape index (κ3) is 3.23. The number of piperidine rings is 1. The van der Waals surface area contributed by atoms with Gasteiger partial charge in [-0.1, -0.05) is 46.0 Å². The van der Waals surface area contributed by atoms with Gasteiger partial charge in [0.05, 0.1) is 0 Å². The van der Waals surface area contributed by atoms with Crippen LogP contribution in [0, 0.1) is 17.8 Å². The van der Waals surface area contributed by atoms with Crippen molar-refractivity contribution in [1.29, 1.82) is 0 Å². The maximum atomic E-state index is 3.76. The molecule has 0 aromatic carbocycles. The molecule has 2 fully saturated rings. The van der Waals surface area contributed by atoms with E-state index in [1.165, 1.54) is 57.9 Å². The molecule has 0 radical (unpaired) electrons. The van der Waals surface area contributed by atoms with Gasteiger partial charge >= 0.3 is 0 Å². The van der Waals surface area contributed by atoms with Crippen molar-refractivity contribution in [3.8, 4) is 0 Å². The summed E-state index contributed by atoms with van der Waals surface area (Å²) in [4.78, 5) is 0. The van der Waals surface area contributed by atoms with Crippen molar-refractivity contribution < 1.29 is 0 Å². The van der Waals surface area contributed by atoms with E-state index >= 15 is 0 Å². The average molecular weight is 223 g/mol. The highest BCUT2D eigenvalue weighted by molar-refractivity contribution is 4.82. The highest BCUT2D eigenvalue weighted by Gasteiger charge is 2.27. The van der Waals surface area contributed by atoms with Crippen molar-refractivity contribution in [3.63, 3.8) is 0 Å². The molecule has 0 aromatic rings. The van der Waals surface area contributed by atoms with Crippen LogP contribution >= 0.6 is 0 Å². The van der Waals surface area contributed by atoms with Gasteiger partial charge in [0.25, 0.3) is 0 Å². The first kappa shape index (κ1) is 12.4. The molecule has 1 aliphatic carbocycles. The Kier molecular flexibility index (Phi) is 4.69. The molecule has 0 aromatic heterocycles. The van der Waals surface area contributed by atoms with Gasteiger partial charge in [0.1, 0.15) is 0 Å². The van der Waals surface area contributed by atoms with Gasteiger partial charge < -0.3 is 5.32 Å². The van der Waals surface area contributed by atoms with Crippen LogP contribution in [0.15, 0.2) is 0 Å². The van der Waals surface area contributed by atoms with E-state index in [1.807, 2.05) is 0 Å². The first-order valence-corrected chi connectivity index (χ1v) is 7.53. The van der Waals surface area contributed by atoms with Crippen LogP contribution in [0.25, 0.3) is 0 Å². The summed E-state index contributed by atoms with van der Waals surface area (Å²) in [5.74, 6) is 2.98. The largest absolute Gasteiger partial charge is 0.314 e. The second-order valence-corrected chi connectivity index (χ2v) is 6.24. The molecule has 1 aliphatic heterocycles. The summed E-state index contributed by atoms with van der Waals surface area (Å²) < 4.78 is 0. The molecule has 1 nitrogen and oxygen atoms in total. The Morgan fingerprint density at radius 3 is 2.38 bits per heavy atom. The summed E-state index contributed by atoms with van der Waals surface area (Å²) in [7, 11) is 0. The quantitative estimate of drug-likeness (QED) is 0.763. The van der Waals surface area contributed by atoms with Gasteiger partial charge in [-0.05, 0) is 43.6 Å². The first-order chi connectivity index (χ1) is 7.79. The van der Waals surface area contributed by atoms with Gasteiger partial charge in [0.15, 0.2) is 0 Å². The van der Waals surface area contributed by atoms with E-state index in [9.17, 15) is 0 Å². The smallest absolute Gasteiger partial charge is 0.00700 e. The monoisotopic (exact) mass is 223 g/mol. The lowest BCUT2D eigenvalue weighted by Gasteiger charge is -2.36. The topological polar surface area (TPSA) is 12.0 Å². The molecule has 1 heterocycles. The minimum Gasteiger partial charge on any atom is -0.314 e. The van der Waals surface area contributed by atoms with Crippen molar-refractivity contribution in [2.75, 3.05) is 6.54 Å². The molecule has 4 unspecified atom stereocenters. The molecule has 94 valence electrons. The fourth-order valence-corrected chi connectivity index (χ4v) is 3.76. The molecule has 0 amide bonds. The van der Waals surface area contributed by atoms with E-state index in [2.05, 4.69) is 19.2 Å². The normalized spacial score (nSPS) is 40.9. The van der Waals surface area contributed by atoms with Crippen molar-refractivity contribution in [1.82, 2.24) is 5.32 Å². The predicted octanol–water partition coefficient (Wildman–Crippen LogP) is 3.98. The van der Waals surface area contributed by atoms with Gasteiger partial charge in [-0.15, -0.1) is 0 Å². The van der Waals surface area contributed by atoms with Crippen molar-refractivity contribution >= 4 is 0 Å². The highest BCUT2D eigenvalue weighted by atomic mass is 14.9.